The standard InChI is InChI=1S/C25H23N3O7/c1-14(2)22(27-23(29)17-7-9-20-21(11-17)34-13-33-20)24(30)28-26-12-18-8-10-19(35-18)15-3-5-16(6-4-15)25(31)32/h3-12,14,22H,13H2,1-2H3,(H,27,29)(H,28,30)(H,31,32)/b26-12-. The van der Waals surface area contributed by atoms with Crippen molar-refractivity contribution in [2.75, 3.05) is 6.79 Å². The van der Waals surface area contributed by atoms with Crippen LogP contribution in [0, 0.1) is 5.92 Å². The summed E-state index contributed by atoms with van der Waals surface area (Å²) in [5, 5.41) is 15.7. The minimum Gasteiger partial charge on any atom is -0.478 e. The van der Waals surface area contributed by atoms with Crippen molar-refractivity contribution in [1.82, 2.24) is 10.7 Å². The number of nitrogens with one attached hydrogen (secondary N) is 2. The fraction of sp³-hybridized carbons (Fsp3) is 0.200. The van der Waals surface area contributed by atoms with Crippen LogP contribution in [0.15, 0.2) is 64.1 Å². The maximum Gasteiger partial charge on any atom is 0.335 e. The molecular weight excluding hydrogens is 454 g/mol. The van der Waals surface area contributed by atoms with E-state index in [9.17, 15) is 14.4 Å². The highest BCUT2D eigenvalue weighted by atomic mass is 16.7. The number of hydrazone groups is 1. The lowest BCUT2D eigenvalue weighted by molar-refractivity contribution is -0.123. The van der Waals surface area contributed by atoms with Crippen molar-refractivity contribution in [3.05, 3.63) is 71.5 Å². The number of ether oxygens (including phenoxy) is 2. The second-order valence-electron chi connectivity index (χ2n) is 8.08. The molecule has 1 aliphatic heterocycles. The summed E-state index contributed by atoms with van der Waals surface area (Å²) in [6.07, 6.45) is 1.34. The van der Waals surface area contributed by atoms with Crippen molar-refractivity contribution in [3.63, 3.8) is 0 Å². The predicted octanol–water partition coefficient (Wildman–Crippen LogP) is 3.28. The van der Waals surface area contributed by atoms with Gasteiger partial charge in [0.2, 0.25) is 6.79 Å². The Hall–Kier alpha value is -4.60. The number of carbonyl (C=O) groups is 3. The van der Waals surface area contributed by atoms with Crippen LogP contribution in [0.4, 0.5) is 0 Å². The Labute approximate surface area is 200 Å². The molecule has 1 aromatic heterocycles. The van der Waals surface area contributed by atoms with Gasteiger partial charge in [0, 0.05) is 11.1 Å². The number of furan rings is 1. The lowest BCUT2D eigenvalue weighted by Gasteiger charge is -2.20. The number of hydrogen-bond acceptors (Lipinski definition) is 7. The van der Waals surface area contributed by atoms with E-state index in [0.717, 1.165) is 0 Å². The van der Waals surface area contributed by atoms with E-state index in [-0.39, 0.29) is 18.3 Å². The largest absolute Gasteiger partial charge is 0.478 e. The van der Waals surface area contributed by atoms with E-state index < -0.39 is 23.8 Å². The number of hydrogen-bond donors (Lipinski definition) is 3. The maximum absolute atomic E-state index is 12.7. The first-order valence-electron chi connectivity index (χ1n) is 10.8. The Kier molecular flexibility index (Phi) is 6.81. The molecule has 3 N–H and O–H groups in total. The Morgan fingerprint density at radius 3 is 2.40 bits per heavy atom. The number of aromatic carboxylic acids is 1. The smallest absolute Gasteiger partial charge is 0.335 e. The normalized spacial score (nSPS) is 13.1. The van der Waals surface area contributed by atoms with Gasteiger partial charge in [0.05, 0.1) is 11.8 Å². The number of fused-ring (bicyclic) bond motifs is 1. The van der Waals surface area contributed by atoms with Crippen LogP contribution < -0.4 is 20.2 Å². The second-order valence-corrected chi connectivity index (χ2v) is 8.08. The lowest BCUT2D eigenvalue weighted by Crippen LogP contribution is -2.48. The zero-order valence-corrected chi connectivity index (χ0v) is 19.0. The van der Waals surface area contributed by atoms with Crippen LogP contribution >= 0.6 is 0 Å². The molecule has 2 heterocycles. The van der Waals surface area contributed by atoms with Crippen LogP contribution in [0.5, 0.6) is 11.5 Å². The summed E-state index contributed by atoms with van der Waals surface area (Å²) < 4.78 is 16.2. The molecule has 0 radical (unpaired) electrons. The summed E-state index contributed by atoms with van der Waals surface area (Å²) in [6.45, 7) is 3.72. The minimum atomic E-state index is -1.01. The fourth-order valence-corrected chi connectivity index (χ4v) is 3.38. The van der Waals surface area contributed by atoms with E-state index in [4.69, 9.17) is 19.0 Å². The van der Waals surface area contributed by atoms with Gasteiger partial charge >= 0.3 is 5.97 Å². The first-order chi connectivity index (χ1) is 16.8. The quantitative estimate of drug-likeness (QED) is 0.334. The molecule has 2 aromatic carbocycles. The van der Waals surface area contributed by atoms with Crippen LogP contribution in [0.1, 0.15) is 40.3 Å². The molecule has 3 aromatic rings. The van der Waals surface area contributed by atoms with E-state index in [1.54, 1.807) is 42.5 Å². The highest BCUT2D eigenvalue weighted by Gasteiger charge is 2.25. The zero-order valence-electron chi connectivity index (χ0n) is 19.0. The number of carboxylic acids is 1. The summed E-state index contributed by atoms with van der Waals surface area (Å²) in [5.74, 6) is -0.180. The van der Waals surface area contributed by atoms with E-state index in [0.29, 0.717) is 34.1 Å². The molecular formula is C25H23N3O7. The third kappa shape index (κ3) is 5.49. The van der Waals surface area contributed by atoms with Crippen LogP contribution in [-0.2, 0) is 4.79 Å². The van der Waals surface area contributed by atoms with Crippen molar-refractivity contribution in [2.24, 2.45) is 11.0 Å². The number of carboxylic acid groups (broad SMARTS) is 1. The SMILES string of the molecule is CC(C)C(NC(=O)c1ccc2c(c1)OCO2)C(=O)N/N=C\c1ccc(-c2ccc(C(=O)O)cc2)o1. The number of benzene rings is 2. The topological polar surface area (TPSA) is 139 Å². The first-order valence-corrected chi connectivity index (χ1v) is 10.8. The molecule has 10 nitrogen and oxygen atoms in total. The van der Waals surface area contributed by atoms with Gasteiger partial charge in [-0.2, -0.15) is 5.10 Å². The molecule has 1 aliphatic rings. The summed E-state index contributed by atoms with van der Waals surface area (Å²) in [7, 11) is 0. The molecule has 1 atom stereocenters. The predicted molar refractivity (Wildman–Crippen MR) is 125 cm³/mol. The molecule has 1 unspecified atom stereocenters. The Balaban J connectivity index is 1.36. The van der Waals surface area contributed by atoms with Crippen molar-refractivity contribution in [2.45, 2.75) is 19.9 Å². The molecule has 0 aliphatic carbocycles. The van der Waals surface area contributed by atoms with Crippen LogP contribution in [0.2, 0.25) is 0 Å². The van der Waals surface area contributed by atoms with E-state index in [1.165, 1.54) is 18.3 Å². The molecule has 180 valence electrons. The number of amides is 2. The average molecular weight is 477 g/mol. The summed E-state index contributed by atoms with van der Waals surface area (Å²) in [4.78, 5) is 36.3. The van der Waals surface area contributed by atoms with E-state index in [1.807, 2.05) is 13.8 Å². The number of rotatable bonds is 8. The summed E-state index contributed by atoms with van der Waals surface area (Å²) >= 11 is 0. The Bertz CT molecular complexity index is 1280. The minimum absolute atomic E-state index is 0.101. The number of carbonyl (C=O) groups excluding carboxylic acids is 2. The second kappa shape index (κ2) is 10.1. The van der Waals surface area contributed by atoms with Gasteiger partial charge in [-0.1, -0.05) is 26.0 Å². The number of nitrogens with zero attached hydrogens (tertiary/aromatic N) is 1. The Morgan fingerprint density at radius 2 is 1.69 bits per heavy atom. The van der Waals surface area contributed by atoms with Crippen molar-refractivity contribution in [3.8, 4) is 22.8 Å². The summed E-state index contributed by atoms with van der Waals surface area (Å²) in [5.41, 5.74) is 3.64. The van der Waals surface area contributed by atoms with Gasteiger partial charge in [0.1, 0.15) is 17.6 Å². The monoisotopic (exact) mass is 477 g/mol. The summed E-state index contributed by atoms with van der Waals surface area (Å²) in [6, 6.07) is 13.6. The highest BCUT2D eigenvalue weighted by molar-refractivity contribution is 5.98. The Morgan fingerprint density at radius 1 is 0.971 bits per heavy atom. The van der Waals surface area contributed by atoms with E-state index in [2.05, 4.69) is 15.8 Å². The molecule has 4 rings (SSSR count). The molecule has 0 bridgehead atoms. The molecule has 35 heavy (non-hydrogen) atoms. The molecule has 2 amide bonds. The third-order valence-electron chi connectivity index (χ3n) is 5.28. The molecule has 0 fully saturated rings. The van der Waals surface area contributed by atoms with E-state index >= 15 is 0 Å². The fourth-order valence-electron chi connectivity index (χ4n) is 3.38. The molecule has 0 saturated heterocycles. The van der Waals surface area contributed by atoms with Crippen LogP contribution in [0.3, 0.4) is 0 Å². The average Bonchev–Trinajstić information content (AvgIpc) is 3.51. The van der Waals surface area contributed by atoms with Gasteiger partial charge in [-0.25, -0.2) is 10.2 Å². The van der Waals surface area contributed by atoms with Gasteiger partial charge in [-0.15, -0.1) is 0 Å². The molecule has 0 spiro atoms. The van der Waals surface area contributed by atoms with Crippen molar-refractivity contribution in [1.29, 1.82) is 0 Å². The van der Waals surface area contributed by atoms with Gasteiger partial charge in [0.15, 0.2) is 11.5 Å². The van der Waals surface area contributed by atoms with Crippen LogP contribution in [0.25, 0.3) is 11.3 Å². The molecule has 10 heteroatoms. The van der Waals surface area contributed by atoms with Gasteiger partial charge in [-0.05, 0) is 48.4 Å². The van der Waals surface area contributed by atoms with Crippen molar-refractivity contribution < 1.29 is 33.4 Å². The highest BCUT2D eigenvalue weighted by Crippen LogP contribution is 2.32. The van der Waals surface area contributed by atoms with Crippen LogP contribution in [-0.4, -0.2) is 41.9 Å². The first kappa shape index (κ1) is 23.6. The lowest BCUT2D eigenvalue weighted by atomic mass is 10.0. The van der Waals surface area contributed by atoms with Gasteiger partial charge in [0.25, 0.3) is 11.8 Å². The van der Waals surface area contributed by atoms with Gasteiger partial charge < -0.3 is 24.3 Å². The van der Waals surface area contributed by atoms with Crippen molar-refractivity contribution >= 4 is 24.0 Å². The maximum atomic E-state index is 12.7. The molecule has 0 saturated carbocycles. The third-order valence-corrected chi connectivity index (χ3v) is 5.28. The van der Waals surface area contributed by atoms with Gasteiger partial charge in [-0.3, -0.25) is 9.59 Å². The zero-order chi connectivity index (χ0) is 24.9.